The first kappa shape index (κ1) is 10.5. The van der Waals surface area contributed by atoms with Crippen LogP contribution >= 0.6 is 11.6 Å². The van der Waals surface area contributed by atoms with Gasteiger partial charge in [0.15, 0.2) is 0 Å². The molecule has 0 N–H and O–H groups in total. The minimum absolute atomic E-state index is 0.159. The van der Waals surface area contributed by atoms with Crippen LogP contribution in [0.1, 0.15) is 5.56 Å². The van der Waals surface area contributed by atoms with Gasteiger partial charge < -0.3 is 0 Å². The summed E-state index contributed by atoms with van der Waals surface area (Å²) in [7, 11) is 0. The van der Waals surface area contributed by atoms with Crippen molar-refractivity contribution in [3.05, 3.63) is 40.0 Å². The van der Waals surface area contributed by atoms with Gasteiger partial charge in [0.1, 0.15) is 5.82 Å². The molecular formula is C8H5ClFN3O. The van der Waals surface area contributed by atoms with Gasteiger partial charge in [0.05, 0.1) is 5.69 Å². The normalized spacial score (nSPS) is 9.29. The molecule has 0 bridgehead atoms. The number of azide groups is 1. The number of benzene rings is 1. The number of carbonyl (C=O) groups is 1. The number of hydrogen-bond acceptors (Lipinski definition) is 2. The predicted molar refractivity (Wildman–Crippen MR) is 49.8 cm³/mol. The van der Waals surface area contributed by atoms with E-state index in [4.69, 9.17) is 17.1 Å². The molecule has 14 heavy (non-hydrogen) atoms. The molecule has 0 spiro atoms. The maximum Gasteiger partial charge on any atom is 0.226 e. The molecule has 0 radical (unpaired) electrons. The number of nitrogens with zero attached hydrogens (tertiary/aromatic N) is 3. The highest BCUT2D eigenvalue weighted by atomic mass is 35.5. The van der Waals surface area contributed by atoms with Gasteiger partial charge in [0, 0.05) is 11.3 Å². The van der Waals surface area contributed by atoms with Crippen molar-refractivity contribution < 1.29 is 9.18 Å². The van der Waals surface area contributed by atoms with E-state index in [9.17, 15) is 9.18 Å². The van der Waals surface area contributed by atoms with Crippen molar-refractivity contribution in [2.75, 3.05) is 0 Å². The Morgan fingerprint density at radius 2 is 2.36 bits per heavy atom. The van der Waals surface area contributed by atoms with Gasteiger partial charge in [0.25, 0.3) is 0 Å². The largest absolute Gasteiger partial charge is 0.281 e. The number of hydrogen-bond donors (Lipinski definition) is 0. The Labute approximate surface area is 83.9 Å². The average Bonchev–Trinajstić information content (AvgIpc) is 2.10. The molecular weight excluding hydrogens is 209 g/mol. The lowest BCUT2D eigenvalue weighted by Gasteiger charge is -2.02. The zero-order valence-corrected chi connectivity index (χ0v) is 7.70. The van der Waals surface area contributed by atoms with Crippen LogP contribution in [0.25, 0.3) is 10.4 Å². The molecule has 72 valence electrons. The molecule has 0 saturated heterocycles. The Balaban J connectivity index is 3.20. The molecule has 0 aromatic heterocycles. The summed E-state index contributed by atoms with van der Waals surface area (Å²) < 4.78 is 13.1. The van der Waals surface area contributed by atoms with Crippen LogP contribution in [0.5, 0.6) is 0 Å². The standard InChI is InChI=1S/C8H5ClFN3O/c9-7(14)4-5-2-1-3-6(10)8(5)12-13-11/h1-3H,4H2. The van der Waals surface area contributed by atoms with Crippen LogP contribution in [0.2, 0.25) is 0 Å². The van der Waals surface area contributed by atoms with Crippen molar-refractivity contribution in [1.29, 1.82) is 0 Å². The molecule has 1 rings (SSSR count). The number of rotatable bonds is 3. The van der Waals surface area contributed by atoms with Gasteiger partial charge in [-0.3, -0.25) is 4.79 Å². The molecule has 0 saturated carbocycles. The number of halogens is 2. The number of carbonyl (C=O) groups excluding carboxylic acids is 1. The van der Waals surface area contributed by atoms with Gasteiger partial charge in [0.2, 0.25) is 5.24 Å². The molecule has 4 nitrogen and oxygen atoms in total. The van der Waals surface area contributed by atoms with Crippen LogP contribution in [0.3, 0.4) is 0 Å². The predicted octanol–water partition coefficient (Wildman–Crippen LogP) is 3.08. The monoisotopic (exact) mass is 213 g/mol. The van der Waals surface area contributed by atoms with Crippen LogP contribution < -0.4 is 0 Å². The first-order valence-corrected chi connectivity index (χ1v) is 4.03. The third kappa shape index (κ3) is 2.45. The van der Waals surface area contributed by atoms with Gasteiger partial charge in [-0.15, -0.1) is 0 Å². The van der Waals surface area contributed by atoms with Gasteiger partial charge in [-0.25, -0.2) is 4.39 Å². The SMILES string of the molecule is [N-]=[N+]=Nc1c(F)cccc1CC(=O)Cl. The molecule has 0 heterocycles. The Hall–Kier alpha value is -1.58. The fourth-order valence-electron chi connectivity index (χ4n) is 1.01. The Bertz CT molecular complexity index is 415. The average molecular weight is 214 g/mol. The Kier molecular flexibility index (Phi) is 3.45. The summed E-state index contributed by atoms with van der Waals surface area (Å²) in [4.78, 5) is 13.1. The van der Waals surface area contributed by atoms with Gasteiger partial charge in [-0.05, 0) is 28.8 Å². The molecule has 0 aliphatic rings. The highest BCUT2D eigenvalue weighted by Gasteiger charge is 2.08. The molecule has 0 unspecified atom stereocenters. The van der Waals surface area contributed by atoms with E-state index >= 15 is 0 Å². The first-order valence-electron chi connectivity index (χ1n) is 3.66. The summed E-state index contributed by atoms with van der Waals surface area (Å²) in [6.45, 7) is 0. The van der Waals surface area contributed by atoms with Crippen molar-refractivity contribution >= 4 is 22.5 Å². The lowest BCUT2D eigenvalue weighted by molar-refractivity contribution is -0.111. The molecule has 1 aromatic carbocycles. The fourth-order valence-corrected chi connectivity index (χ4v) is 1.15. The molecule has 0 atom stereocenters. The second-order valence-corrected chi connectivity index (χ2v) is 2.89. The summed E-state index contributed by atoms with van der Waals surface area (Å²) in [6, 6.07) is 4.04. The van der Waals surface area contributed by atoms with Crippen molar-refractivity contribution in [3.8, 4) is 0 Å². The Morgan fingerprint density at radius 1 is 1.64 bits per heavy atom. The summed E-state index contributed by atoms with van der Waals surface area (Å²) in [6.07, 6.45) is -0.159. The quantitative estimate of drug-likeness (QED) is 0.329. The minimum atomic E-state index is -0.668. The smallest absolute Gasteiger partial charge is 0.226 e. The third-order valence-corrected chi connectivity index (χ3v) is 1.68. The van der Waals surface area contributed by atoms with E-state index in [-0.39, 0.29) is 17.7 Å². The van der Waals surface area contributed by atoms with Gasteiger partial charge >= 0.3 is 0 Å². The highest BCUT2D eigenvalue weighted by Crippen LogP contribution is 2.24. The lowest BCUT2D eigenvalue weighted by Crippen LogP contribution is -1.94. The fraction of sp³-hybridized carbons (Fsp3) is 0.125. The van der Waals surface area contributed by atoms with Crippen molar-refractivity contribution in [3.63, 3.8) is 0 Å². The maximum absolute atomic E-state index is 13.1. The molecule has 0 aliphatic carbocycles. The topological polar surface area (TPSA) is 65.8 Å². The van der Waals surface area contributed by atoms with Crippen LogP contribution in [-0.4, -0.2) is 5.24 Å². The second kappa shape index (κ2) is 4.60. The van der Waals surface area contributed by atoms with E-state index in [0.29, 0.717) is 0 Å². The van der Waals surface area contributed by atoms with E-state index in [2.05, 4.69) is 10.0 Å². The summed E-state index contributed by atoms with van der Waals surface area (Å²) in [5.41, 5.74) is 8.28. The van der Waals surface area contributed by atoms with Crippen LogP contribution in [0.15, 0.2) is 23.3 Å². The van der Waals surface area contributed by atoms with Crippen molar-refractivity contribution in [2.24, 2.45) is 5.11 Å². The lowest BCUT2D eigenvalue weighted by atomic mass is 10.1. The highest BCUT2D eigenvalue weighted by molar-refractivity contribution is 6.63. The van der Waals surface area contributed by atoms with Crippen LogP contribution in [0.4, 0.5) is 10.1 Å². The Morgan fingerprint density at radius 3 is 2.93 bits per heavy atom. The van der Waals surface area contributed by atoms with Crippen LogP contribution in [-0.2, 0) is 11.2 Å². The zero-order chi connectivity index (χ0) is 10.6. The minimum Gasteiger partial charge on any atom is -0.281 e. The van der Waals surface area contributed by atoms with Crippen molar-refractivity contribution in [1.82, 2.24) is 0 Å². The maximum atomic E-state index is 13.1. The molecule has 1 aromatic rings. The third-order valence-electron chi connectivity index (χ3n) is 1.54. The second-order valence-electron chi connectivity index (χ2n) is 2.47. The molecule has 0 amide bonds. The molecule has 0 fully saturated rings. The zero-order valence-electron chi connectivity index (χ0n) is 6.94. The van der Waals surface area contributed by atoms with Crippen molar-refractivity contribution in [2.45, 2.75) is 6.42 Å². The van der Waals surface area contributed by atoms with Gasteiger partial charge in [-0.2, -0.15) is 0 Å². The van der Waals surface area contributed by atoms with E-state index in [1.807, 2.05) is 0 Å². The molecule has 6 heteroatoms. The first-order chi connectivity index (χ1) is 6.65. The summed E-state index contributed by atoms with van der Waals surface area (Å²) in [5.74, 6) is -0.668. The van der Waals surface area contributed by atoms with E-state index in [1.165, 1.54) is 12.1 Å². The van der Waals surface area contributed by atoms with E-state index in [0.717, 1.165) is 6.07 Å². The van der Waals surface area contributed by atoms with E-state index in [1.54, 1.807) is 0 Å². The molecule has 0 aliphatic heterocycles. The summed E-state index contributed by atoms with van der Waals surface area (Å²) >= 11 is 5.14. The van der Waals surface area contributed by atoms with Crippen LogP contribution in [0, 0.1) is 5.82 Å². The van der Waals surface area contributed by atoms with Gasteiger partial charge in [-0.1, -0.05) is 17.2 Å². The summed E-state index contributed by atoms with van der Waals surface area (Å²) in [5, 5.41) is 2.52. The van der Waals surface area contributed by atoms with E-state index < -0.39 is 11.1 Å².